The molecule has 0 aromatic rings. The highest BCUT2D eigenvalue weighted by atomic mass is 32.9. The van der Waals surface area contributed by atoms with Crippen LogP contribution in [-0.2, 0) is 24.4 Å². The quantitative estimate of drug-likeness (QED) is 0.681. The molecule has 0 amide bonds. The Morgan fingerprint density at radius 1 is 1.64 bits per heavy atom. The third kappa shape index (κ3) is 10.3. The smallest absolute Gasteiger partial charge is 0.266 e. The van der Waals surface area contributed by atoms with Crippen molar-refractivity contribution in [2.75, 3.05) is 6.61 Å². The molecular formula is C6H14O3S2. The van der Waals surface area contributed by atoms with Crippen LogP contribution in [-0.4, -0.2) is 15.4 Å². The molecule has 0 aliphatic heterocycles. The van der Waals surface area contributed by atoms with Crippen LogP contribution in [0.25, 0.3) is 0 Å². The third-order valence-electron chi connectivity index (χ3n) is 1.16. The van der Waals surface area contributed by atoms with Gasteiger partial charge in [0.1, 0.15) is 0 Å². The lowest BCUT2D eigenvalue weighted by Crippen LogP contribution is -2.04. The van der Waals surface area contributed by atoms with Gasteiger partial charge >= 0.3 is 0 Å². The SMILES string of the molecule is CC(C)CCCOS(=O)(O)=S. The van der Waals surface area contributed by atoms with Gasteiger partial charge in [-0.1, -0.05) is 13.8 Å². The largest absolute Gasteiger partial charge is 0.285 e. The monoisotopic (exact) mass is 198 g/mol. The van der Waals surface area contributed by atoms with Crippen LogP contribution in [0.1, 0.15) is 26.7 Å². The Labute approximate surface area is 72.8 Å². The summed E-state index contributed by atoms with van der Waals surface area (Å²) in [7, 11) is -3.39. The first kappa shape index (κ1) is 11.3. The summed E-state index contributed by atoms with van der Waals surface area (Å²) in [5, 5.41) is 0. The topological polar surface area (TPSA) is 46.5 Å². The van der Waals surface area contributed by atoms with Crippen LogP contribution in [0, 0.1) is 5.92 Å². The van der Waals surface area contributed by atoms with Gasteiger partial charge in [0.25, 0.3) is 9.05 Å². The maximum Gasteiger partial charge on any atom is 0.266 e. The van der Waals surface area contributed by atoms with Gasteiger partial charge < -0.3 is 0 Å². The van der Waals surface area contributed by atoms with Crippen molar-refractivity contribution in [3.8, 4) is 0 Å². The Morgan fingerprint density at radius 2 is 2.18 bits per heavy atom. The molecule has 5 heteroatoms. The van der Waals surface area contributed by atoms with Gasteiger partial charge in [0, 0.05) is 11.2 Å². The third-order valence-corrected chi connectivity index (χ3v) is 1.91. The first-order valence-electron chi connectivity index (χ1n) is 3.53. The van der Waals surface area contributed by atoms with E-state index in [4.69, 9.17) is 4.55 Å². The molecule has 0 aliphatic rings. The molecule has 3 nitrogen and oxygen atoms in total. The van der Waals surface area contributed by atoms with Crippen LogP contribution >= 0.6 is 0 Å². The molecule has 68 valence electrons. The molecule has 0 saturated heterocycles. The molecule has 0 heterocycles. The van der Waals surface area contributed by atoms with E-state index in [1.54, 1.807) is 0 Å². The Balaban J connectivity index is 3.30. The van der Waals surface area contributed by atoms with Crippen LogP contribution in [0.15, 0.2) is 0 Å². The fourth-order valence-corrected chi connectivity index (χ4v) is 1.19. The predicted molar refractivity (Wildman–Crippen MR) is 48.2 cm³/mol. The lowest BCUT2D eigenvalue weighted by atomic mass is 10.1. The van der Waals surface area contributed by atoms with Crippen molar-refractivity contribution in [3.05, 3.63) is 0 Å². The van der Waals surface area contributed by atoms with Crippen molar-refractivity contribution in [1.82, 2.24) is 0 Å². The second kappa shape index (κ2) is 5.03. The Hall–Kier alpha value is 0.290. The summed E-state index contributed by atoms with van der Waals surface area (Å²) in [6.07, 6.45) is 1.77. The van der Waals surface area contributed by atoms with Gasteiger partial charge in [0.15, 0.2) is 0 Å². The average Bonchev–Trinajstić information content (AvgIpc) is 1.78. The van der Waals surface area contributed by atoms with Crippen molar-refractivity contribution in [1.29, 1.82) is 0 Å². The van der Waals surface area contributed by atoms with Gasteiger partial charge in [-0.05, 0) is 18.8 Å². The van der Waals surface area contributed by atoms with Gasteiger partial charge in [-0.15, -0.1) is 0 Å². The average molecular weight is 198 g/mol. The van der Waals surface area contributed by atoms with Crippen molar-refractivity contribution in [2.24, 2.45) is 5.92 Å². The first-order chi connectivity index (χ1) is 4.92. The van der Waals surface area contributed by atoms with E-state index >= 15 is 0 Å². The van der Waals surface area contributed by atoms with Gasteiger partial charge in [-0.25, -0.2) is 0 Å². The lowest BCUT2D eigenvalue weighted by Gasteiger charge is -2.03. The fraction of sp³-hybridized carbons (Fsp3) is 1.00. The Morgan fingerprint density at radius 3 is 2.55 bits per heavy atom. The summed E-state index contributed by atoms with van der Waals surface area (Å²) in [5.74, 6) is 0.596. The van der Waals surface area contributed by atoms with Gasteiger partial charge in [0.05, 0.1) is 6.61 Å². The minimum atomic E-state index is -3.39. The number of hydrogen-bond acceptors (Lipinski definition) is 3. The van der Waals surface area contributed by atoms with Crippen molar-refractivity contribution in [2.45, 2.75) is 26.7 Å². The highest BCUT2D eigenvalue weighted by Gasteiger charge is 1.99. The van der Waals surface area contributed by atoms with E-state index in [2.05, 4.69) is 29.2 Å². The molecule has 0 rings (SSSR count). The summed E-state index contributed by atoms with van der Waals surface area (Å²) < 4.78 is 23.4. The van der Waals surface area contributed by atoms with Crippen molar-refractivity contribution < 1.29 is 12.9 Å². The van der Waals surface area contributed by atoms with Crippen LogP contribution in [0.5, 0.6) is 0 Å². The van der Waals surface area contributed by atoms with Crippen LogP contribution in [0.2, 0.25) is 0 Å². The van der Waals surface area contributed by atoms with E-state index in [0.717, 1.165) is 12.8 Å². The molecule has 1 unspecified atom stereocenters. The maximum atomic E-state index is 10.4. The zero-order chi connectivity index (χ0) is 8.91. The van der Waals surface area contributed by atoms with Gasteiger partial charge in [-0.2, -0.15) is 4.21 Å². The molecule has 0 spiro atoms. The number of hydrogen-bond donors (Lipinski definition) is 1. The molecule has 1 N–H and O–H groups in total. The fourth-order valence-electron chi connectivity index (χ4n) is 0.656. The molecule has 11 heavy (non-hydrogen) atoms. The molecule has 0 saturated carbocycles. The molecule has 0 radical (unpaired) electrons. The highest BCUT2D eigenvalue weighted by molar-refractivity contribution is 8.27. The van der Waals surface area contributed by atoms with Crippen molar-refractivity contribution in [3.63, 3.8) is 0 Å². The highest BCUT2D eigenvalue weighted by Crippen LogP contribution is 2.03. The molecule has 1 atom stereocenters. The Bertz CT molecular complexity index is 184. The summed E-state index contributed by atoms with van der Waals surface area (Å²) >= 11 is 4.13. The maximum absolute atomic E-state index is 10.4. The predicted octanol–water partition coefficient (Wildman–Crippen LogP) is 1.57. The van der Waals surface area contributed by atoms with E-state index in [1.807, 2.05) is 0 Å². The van der Waals surface area contributed by atoms with Crippen LogP contribution in [0.4, 0.5) is 0 Å². The standard InChI is InChI=1S/C6H14O3S2/c1-6(2)4-3-5-9-11(7,8)10/h6H,3-5H2,1-2H3,(H,7,8,10). The zero-order valence-corrected chi connectivity index (χ0v) is 8.41. The molecular weight excluding hydrogens is 184 g/mol. The van der Waals surface area contributed by atoms with Gasteiger partial charge in [0.2, 0.25) is 0 Å². The van der Waals surface area contributed by atoms with Crippen LogP contribution in [0.3, 0.4) is 0 Å². The number of rotatable bonds is 5. The summed E-state index contributed by atoms with van der Waals surface area (Å²) in [5.41, 5.74) is 0. The first-order valence-corrected chi connectivity index (χ1v) is 5.90. The van der Waals surface area contributed by atoms with E-state index in [9.17, 15) is 4.21 Å². The molecule has 0 aliphatic carbocycles. The molecule has 0 aromatic heterocycles. The molecule has 0 aromatic carbocycles. The summed E-state index contributed by atoms with van der Waals surface area (Å²) in [4.78, 5) is 0. The minimum absolute atomic E-state index is 0.275. The zero-order valence-electron chi connectivity index (χ0n) is 6.78. The second-order valence-electron chi connectivity index (χ2n) is 2.79. The molecule has 0 bridgehead atoms. The van der Waals surface area contributed by atoms with E-state index in [1.165, 1.54) is 0 Å². The van der Waals surface area contributed by atoms with Crippen LogP contribution < -0.4 is 0 Å². The molecule has 0 fully saturated rings. The van der Waals surface area contributed by atoms with Gasteiger partial charge in [-0.3, -0.25) is 8.74 Å². The summed E-state index contributed by atoms with van der Waals surface area (Å²) in [6.45, 7) is 4.45. The van der Waals surface area contributed by atoms with E-state index in [0.29, 0.717) is 5.92 Å². The van der Waals surface area contributed by atoms with E-state index < -0.39 is 9.05 Å². The Kier molecular flexibility index (Phi) is 5.16. The minimum Gasteiger partial charge on any atom is -0.285 e. The normalized spacial score (nSPS) is 16.7. The van der Waals surface area contributed by atoms with E-state index in [-0.39, 0.29) is 6.61 Å². The lowest BCUT2D eigenvalue weighted by molar-refractivity contribution is 0.289. The summed E-state index contributed by atoms with van der Waals surface area (Å²) in [6, 6.07) is 0. The van der Waals surface area contributed by atoms with Crippen molar-refractivity contribution >= 4 is 20.2 Å². The second-order valence-corrected chi connectivity index (χ2v) is 5.14.